The van der Waals surface area contributed by atoms with Crippen LogP contribution in [0.3, 0.4) is 0 Å². The Hall–Kier alpha value is -1.79. The number of aliphatic hydroxyl groups is 1. The minimum absolute atomic E-state index is 0.0168. The zero-order valence-corrected chi connectivity index (χ0v) is 17.3. The zero-order chi connectivity index (χ0) is 19.9. The molecule has 2 aliphatic rings. The molecule has 0 radical (unpaired) electrons. The monoisotopic (exact) mass is 403 g/mol. The number of amides is 2. The van der Waals surface area contributed by atoms with E-state index in [9.17, 15) is 14.7 Å². The van der Waals surface area contributed by atoms with Crippen molar-refractivity contribution in [1.29, 1.82) is 0 Å². The molecule has 1 aromatic rings. The highest BCUT2D eigenvalue weighted by Gasteiger charge is 2.42. The number of carbonyl (C=O) groups excluding carboxylic acids is 2. The molecule has 1 aliphatic carbocycles. The third kappa shape index (κ3) is 4.61. The molecular formula is C22H29NO4S. The quantitative estimate of drug-likeness (QED) is 0.525. The second-order valence-electron chi connectivity index (χ2n) is 7.27. The molecule has 3 rings (SSSR count). The number of thioether (sulfide) groups is 1. The molecule has 0 bridgehead atoms. The van der Waals surface area contributed by atoms with Gasteiger partial charge in [0.25, 0.3) is 11.8 Å². The molecule has 5 nitrogen and oxygen atoms in total. The van der Waals surface area contributed by atoms with Gasteiger partial charge in [0, 0.05) is 11.8 Å². The normalized spacial score (nSPS) is 18.7. The Morgan fingerprint density at radius 2 is 1.75 bits per heavy atom. The second kappa shape index (κ2) is 10.1. The van der Waals surface area contributed by atoms with Crippen LogP contribution in [0.5, 0.6) is 5.75 Å². The summed E-state index contributed by atoms with van der Waals surface area (Å²) in [5, 5.41) is 9.24. The molecule has 1 saturated carbocycles. The molecule has 1 heterocycles. The average molecular weight is 404 g/mol. The zero-order valence-electron chi connectivity index (χ0n) is 16.5. The van der Waals surface area contributed by atoms with Gasteiger partial charge >= 0.3 is 0 Å². The Kier molecular flexibility index (Phi) is 7.57. The number of hydrogen-bond acceptors (Lipinski definition) is 5. The van der Waals surface area contributed by atoms with Crippen molar-refractivity contribution in [2.75, 3.05) is 19.0 Å². The minimum atomic E-state index is -0.198. The Morgan fingerprint density at radius 1 is 1.07 bits per heavy atom. The van der Waals surface area contributed by atoms with Gasteiger partial charge < -0.3 is 9.84 Å². The van der Waals surface area contributed by atoms with Crippen LogP contribution in [0.15, 0.2) is 29.2 Å². The highest BCUT2D eigenvalue weighted by atomic mass is 32.2. The number of aliphatic hydroxyl groups excluding tert-OH is 1. The molecule has 0 saturated heterocycles. The van der Waals surface area contributed by atoms with Gasteiger partial charge in [0.2, 0.25) is 0 Å². The van der Waals surface area contributed by atoms with Crippen LogP contribution >= 0.6 is 11.8 Å². The Morgan fingerprint density at radius 3 is 2.36 bits per heavy atom. The molecule has 0 spiro atoms. The van der Waals surface area contributed by atoms with Gasteiger partial charge in [-0.15, -0.1) is 11.8 Å². The SMILES string of the molecule is CCCOc1ccc(C2=C(SCCO)C(=O)N(C3CCCCCC3)C2=O)cc1. The molecule has 28 heavy (non-hydrogen) atoms. The number of imide groups is 1. The molecule has 0 aromatic heterocycles. The summed E-state index contributed by atoms with van der Waals surface area (Å²) in [4.78, 5) is 28.4. The summed E-state index contributed by atoms with van der Waals surface area (Å²) in [6.45, 7) is 2.66. The van der Waals surface area contributed by atoms with E-state index in [1.54, 1.807) is 0 Å². The van der Waals surface area contributed by atoms with Crippen molar-refractivity contribution in [3.8, 4) is 5.75 Å². The number of ether oxygens (including phenoxy) is 1. The smallest absolute Gasteiger partial charge is 0.268 e. The first kappa shape index (κ1) is 20.9. The van der Waals surface area contributed by atoms with Crippen LogP contribution in [-0.4, -0.2) is 46.8 Å². The first-order chi connectivity index (χ1) is 13.7. The summed E-state index contributed by atoms with van der Waals surface area (Å²) >= 11 is 1.28. The van der Waals surface area contributed by atoms with Gasteiger partial charge in [0.05, 0.1) is 23.7 Å². The third-order valence-electron chi connectivity index (χ3n) is 5.22. The van der Waals surface area contributed by atoms with Crippen LogP contribution in [0, 0.1) is 0 Å². The standard InChI is InChI=1S/C22H29NO4S/c1-2-14-27-18-11-9-16(10-12-18)19-20(28-15-13-24)22(26)23(21(19)25)17-7-5-3-4-6-8-17/h9-12,17,24H,2-8,13-15H2,1H3. The topological polar surface area (TPSA) is 66.8 Å². The number of nitrogens with zero attached hydrogens (tertiary/aromatic N) is 1. The van der Waals surface area contributed by atoms with E-state index in [1.165, 1.54) is 29.5 Å². The molecule has 1 N–H and O–H groups in total. The van der Waals surface area contributed by atoms with Crippen LogP contribution in [0.2, 0.25) is 0 Å². The predicted molar refractivity (Wildman–Crippen MR) is 112 cm³/mol. The number of carbonyl (C=O) groups is 2. The summed E-state index contributed by atoms with van der Waals surface area (Å²) in [5.74, 6) is 0.762. The van der Waals surface area contributed by atoms with Crippen molar-refractivity contribution in [2.45, 2.75) is 57.9 Å². The van der Waals surface area contributed by atoms with Gasteiger partial charge in [-0.3, -0.25) is 14.5 Å². The van der Waals surface area contributed by atoms with Crippen LogP contribution in [0.4, 0.5) is 0 Å². The largest absolute Gasteiger partial charge is 0.494 e. The fourth-order valence-electron chi connectivity index (χ4n) is 3.85. The van der Waals surface area contributed by atoms with Crippen LogP contribution in [0.1, 0.15) is 57.4 Å². The molecule has 0 atom stereocenters. The molecule has 1 aromatic carbocycles. The molecule has 2 amide bonds. The van der Waals surface area contributed by atoms with E-state index in [0.29, 0.717) is 22.8 Å². The van der Waals surface area contributed by atoms with E-state index in [1.807, 2.05) is 24.3 Å². The highest BCUT2D eigenvalue weighted by Crippen LogP contribution is 2.39. The number of rotatable bonds is 8. The lowest BCUT2D eigenvalue weighted by molar-refractivity contribution is -0.139. The fraction of sp³-hybridized carbons (Fsp3) is 0.545. The fourth-order valence-corrected chi connectivity index (χ4v) is 4.71. The maximum Gasteiger partial charge on any atom is 0.268 e. The molecule has 0 unspecified atom stereocenters. The van der Waals surface area contributed by atoms with E-state index in [-0.39, 0.29) is 24.5 Å². The van der Waals surface area contributed by atoms with Crippen molar-refractivity contribution in [2.24, 2.45) is 0 Å². The first-order valence-electron chi connectivity index (χ1n) is 10.3. The van der Waals surface area contributed by atoms with Crippen molar-refractivity contribution in [3.63, 3.8) is 0 Å². The average Bonchev–Trinajstić information content (AvgIpc) is 2.88. The lowest BCUT2D eigenvalue weighted by Crippen LogP contribution is -2.40. The molecule has 1 fully saturated rings. The number of hydrogen-bond donors (Lipinski definition) is 1. The van der Waals surface area contributed by atoms with Crippen molar-refractivity contribution in [3.05, 3.63) is 34.7 Å². The second-order valence-corrected chi connectivity index (χ2v) is 8.38. The summed E-state index contributed by atoms with van der Waals surface area (Å²) in [6, 6.07) is 7.37. The first-order valence-corrected chi connectivity index (χ1v) is 11.2. The molecule has 152 valence electrons. The Bertz CT molecular complexity index is 721. The molecule has 1 aliphatic heterocycles. The molecule has 6 heteroatoms. The summed E-state index contributed by atoms with van der Waals surface area (Å²) < 4.78 is 5.63. The minimum Gasteiger partial charge on any atom is -0.494 e. The van der Waals surface area contributed by atoms with Gasteiger partial charge in [0.1, 0.15) is 5.75 Å². The Labute approximate surface area is 171 Å². The highest BCUT2D eigenvalue weighted by molar-refractivity contribution is 8.04. The van der Waals surface area contributed by atoms with Gasteiger partial charge in [-0.2, -0.15) is 0 Å². The van der Waals surface area contributed by atoms with Crippen LogP contribution in [0.25, 0.3) is 5.57 Å². The Balaban J connectivity index is 1.89. The lowest BCUT2D eigenvalue weighted by Gasteiger charge is -2.25. The summed E-state index contributed by atoms with van der Waals surface area (Å²) in [7, 11) is 0. The van der Waals surface area contributed by atoms with E-state index in [2.05, 4.69) is 6.92 Å². The van der Waals surface area contributed by atoms with Crippen molar-refractivity contribution < 1.29 is 19.4 Å². The van der Waals surface area contributed by atoms with E-state index in [0.717, 1.165) is 43.4 Å². The maximum absolute atomic E-state index is 13.3. The van der Waals surface area contributed by atoms with Crippen LogP contribution in [-0.2, 0) is 9.59 Å². The van der Waals surface area contributed by atoms with E-state index in [4.69, 9.17) is 4.74 Å². The van der Waals surface area contributed by atoms with E-state index >= 15 is 0 Å². The predicted octanol–water partition coefficient (Wildman–Crippen LogP) is 4.00. The molecular weight excluding hydrogens is 374 g/mol. The van der Waals surface area contributed by atoms with Gasteiger partial charge in [-0.25, -0.2) is 0 Å². The summed E-state index contributed by atoms with van der Waals surface area (Å²) in [6.07, 6.45) is 7.13. The summed E-state index contributed by atoms with van der Waals surface area (Å²) in [5.41, 5.74) is 1.20. The van der Waals surface area contributed by atoms with Crippen molar-refractivity contribution >= 4 is 29.1 Å². The lowest BCUT2D eigenvalue weighted by atomic mass is 10.0. The van der Waals surface area contributed by atoms with Gasteiger partial charge in [0.15, 0.2) is 0 Å². The van der Waals surface area contributed by atoms with Gasteiger partial charge in [-0.05, 0) is 37.0 Å². The third-order valence-corrected chi connectivity index (χ3v) is 6.27. The van der Waals surface area contributed by atoms with Gasteiger partial charge in [-0.1, -0.05) is 44.7 Å². The van der Waals surface area contributed by atoms with E-state index < -0.39 is 0 Å². The maximum atomic E-state index is 13.3. The number of benzene rings is 1. The van der Waals surface area contributed by atoms with Crippen molar-refractivity contribution in [1.82, 2.24) is 4.90 Å². The van der Waals surface area contributed by atoms with Crippen LogP contribution < -0.4 is 4.74 Å².